The number of hydrogen-bond donors (Lipinski definition) is 1. The molecule has 0 unspecified atom stereocenters. The quantitative estimate of drug-likeness (QED) is 0.296. The maximum Gasteiger partial charge on any atom is 0.339 e. The third-order valence-electron chi connectivity index (χ3n) is 4.16. The van der Waals surface area contributed by atoms with E-state index in [2.05, 4.69) is 21.2 Å². The van der Waals surface area contributed by atoms with Crippen molar-refractivity contribution >= 4 is 38.0 Å². The van der Waals surface area contributed by atoms with Crippen molar-refractivity contribution in [2.75, 3.05) is 0 Å². The van der Waals surface area contributed by atoms with Crippen LogP contribution in [0, 0.1) is 11.3 Å². The van der Waals surface area contributed by atoms with Gasteiger partial charge in [0.15, 0.2) is 0 Å². The van der Waals surface area contributed by atoms with Gasteiger partial charge in [0.1, 0.15) is 22.3 Å². The predicted octanol–water partition coefficient (Wildman–Crippen LogP) is 4.44. The largest absolute Gasteiger partial charge is 0.378 e. The van der Waals surface area contributed by atoms with Crippen molar-refractivity contribution in [1.82, 2.24) is 5.32 Å². The number of nitrogens with zero attached hydrogens (tertiary/aromatic N) is 1. The van der Waals surface area contributed by atoms with Crippen molar-refractivity contribution in [1.29, 1.82) is 5.26 Å². The normalized spacial score (nSPS) is 11.4. The molecule has 0 saturated carbocycles. The Balaban J connectivity index is 1.87. The smallest absolute Gasteiger partial charge is 0.339 e. The average molecular weight is 497 g/mol. The van der Waals surface area contributed by atoms with Gasteiger partial charge >= 0.3 is 10.1 Å². The second-order valence-corrected chi connectivity index (χ2v) is 8.83. The molecule has 156 valence electrons. The highest BCUT2D eigenvalue weighted by atomic mass is 79.9. The van der Waals surface area contributed by atoms with Crippen molar-refractivity contribution in [3.05, 3.63) is 100 Å². The summed E-state index contributed by atoms with van der Waals surface area (Å²) in [4.78, 5) is 12.5. The van der Waals surface area contributed by atoms with Gasteiger partial charge < -0.3 is 9.50 Å². The molecule has 8 heteroatoms. The highest BCUT2D eigenvalue weighted by Crippen LogP contribution is 2.28. The highest BCUT2D eigenvalue weighted by Gasteiger charge is 2.19. The van der Waals surface area contributed by atoms with Gasteiger partial charge in [0.2, 0.25) is 0 Å². The Morgan fingerprint density at radius 3 is 2.32 bits per heavy atom. The van der Waals surface area contributed by atoms with Gasteiger partial charge in [-0.25, -0.2) is 0 Å². The van der Waals surface area contributed by atoms with Crippen molar-refractivity contribution in [2.24, 2.45) is 0 Å². The minimum atomic E-state index is -4.09. The molecule has 0 aliphatic heterocycles. The van der Waals surface area contributed by atoms with E-state index in [1.807, 2.05) is 36.4 Å². The molecule has 1 N–H and O–H groups in total. The number of carbonyl (C=O) groups excluding carboxylic acids is 1. The first-order valence-corrected chi connectivity index (χ1v) is 11.3. The molecule has 0 bridgehead atoms. The summed E-state index contributed by atoms with van der Waals surface area (Å²) in [5.41, 5.74) is 0.963. The average Bonchev–Trinajstić information content (AvgIpc) is 2.78. The summed E-state index contributed by atoms with van der Waals surface area (Å²) in [7, 11) is -4.09. The molecule has 0 radical (unpaired) electrons. The van der Waals surface area contributed by atoms with Gasteiger partial charge in [-0.05, 0) is 42.0 Å². The maximum atomic E-state index is 12.6. The van der Waals surface area contributed by atoms with Crippen LogP contribution in [0.3, 0.4) is 0 Å². The minimum absolute atomic E-state index is 0.00402. The van der Waals surface area contributed by atoms with Gasteiger partial charge in [0.25, 0.3) is 5.91 Å². The minimum Gasteiger partial charge on any atom is -0.378 e. The lowest BCUT2D eigenvalue weighted by atomic mass is 10.1. The van der Waals surface area contributed by atoms with Crippen molar-refractivity contribution in [2.45, 2.75) is 11.4 Å². The van der Waals surface area contributed by atoms with E-state index in [4.69, 9.17) is 4.18 Å². The molecular weight excluding hydrogens is 480 g/mol. The number of benzene rings is 3. The number of amides is 1. The molecule has 3 aromatic carbocycles. The van der Waals surface area contributed by atoms with Crippen LogP contribution in [0.15, 0.2) is 93.8 Å². The Hall–Kier alpha value is -3.41. The van der Waals surface area contributed by atoms with Crippen molar-refractivity contribution in [3.63, 3.8) is 0 Å². The first kappa shape index (κ1) is 22.3. The number of hydrogen-bond acceptors (Lipinski definition) is 5. The van der Waals surface area contributed by atoms with Crippen LogP contribution < -0.4 is 9.50 Å². The summed E-state index contributed by atoms with van der Waals surface area (Å²) >= 11 is 3.31. The monoisotopic (exact) mass is 496 g/mol. The van der Waals surface area contributed by atoms with Crippen LogP contribution in [-0.4, -0.2) is 14.3 Å². The summed E-state index contributed by atoms with van der Waals surface area (Å²) < 4.78 is 31.1. The zero-order valence-electron chi connectivity index (χ0n) is 16.2. The Labute approximate surface area is 189 Å². The van der Waals surface area contributed by atoms with Gasteiger partial charge in [-0.2, -0.15) is 13.7 Å². The maximum absolute atomic E-state index is 12.6. The van der Waals surface area contributed by atoms with Crippen LogP contribution >= 0.6 is 15.9 Å². The topological polar surface area (TPSA) is 96.3 Å². The van der Waals surface area contributed by atoms with Crippen LogP contribution in [0.2, 0.25) is 0 Å². The zero-order valence-corrected chi connectivity index (χ0v) is 18.6. The summed E-state index contributed by atoms with van der Waals surface area (Å²) in [5, 5.41) is 12.2. The molecule has 31 heavy (non-hydrogen) atoms. The van der Waals surface area contributed by atoms with Gasteiger partial charge in [-0.15, -0.1) is 0 Å². The SMILES string of the molecule is N#C/C(=C\c1cc(Br)ccc1OS(=O)(=O)c1ccccc1)C(=O)NCc1ccccc1. The summed E-state index contributed by atoms with van der Waals surface area (Å²) in [6, 6.07) is 23.5. The second kappa shape index (κ2) is 10.1. The molecule has 0 aliphatic rings. The van der Waals surface area contributed by atoms with E-state index in [0.29, 0.717) is 4.47 Å². The fourth-order valence-corrected chi connectivity index (χ4v) is 3.99. The van der Waals surface area contributed by atoms with E-state index in [-0.39, 0.29) is 28.3 Å². The van der Waals surface area contributed by atoms with Crippen LogP contribution in [-0.2, 0) is 21.5 Å². The molecule has 0 aliphatic carbocycles. The second-order valence-electron chi connectivity index (χ2n) is 6.37. The Bertz CT molecular complexity index is 1250. The van der Waals surface area contributed by atoms with Crippen LogP contribution in [0.1, 0.15) is 11.1 Å². The lowest BCUT2D eigenvalue weighted by Crippen LogP contribution is -2.23. The number of halogens is 1. The Morgan fingerprint density at radius 1 is 1.03 bits per heavy atom. The first-order valence-electron chi connectivity index (χ1n) is 9.12. The van der Waals surface area contributed by atoms with E-state index >= 15 is 0 Å². The molecule has 0 heterocycles. The molecule has 0 fully saturated rings. The van der Waals surface area contributed by atoms with Crippen LogP contribution in [0.5, 0.6) is 5.75 Å². The predicted molar refractivity (Wildman–Crippen MR) is 120 cm³/mol. The highest BCUT2D eigenvalue weighted by molar-refractivity contribution is 9.10. The summed E-state index contributed by atoms with van der Waals surface area (Å²) in [5.74, 6) is -0.584. The van der Waals surface area contributed by atoms with E-state index in [1.165, 1.54) is 24.3 Å². The van der Waals surface area contributed by atoms with Crippen molar-refractivity contribution < 1.29 is 17.4 Å². The molecule has 3 rings (SSSR count). The molecule has 0 spiro atoms. The fourth-order valence-electron chi connectivity index (χ4n) is 2.64. The Kier molecular flexibility index (Phi) is 7.23. The van der Waals surface area contributed by atoms with Crippen molar-refractivity contribution in [3.8, 4) is 11.8 Å². The third-order valence-corrected chi connectivity index (χ3v) is 5.91. The molecule has 0 aromatic heterocycles. The number of nitrogens with one attached hydrogen (secondary N) is 1. The number of nitriles is 1. The van der Waals surface area contributed by atoms with Gasteiger partial charge in [-0.1, -0.05) is 64.5 Å². The van der Waals surface area contributed by atoms with Gasteiger partial charge in [-0.3, -0.25) is 4.79 Å². The standard InChI is InChI=1S/C23H17BrN2O4S/c24-20-11-12-22(30-31(28,29)21-9-5-2-6-10-21)18(14-20)13-19(15-25)23(27)26-16-17-7-3-1-4-8-17/h1-14H,16H2,(H,26,27)/b19-13+. The summed E-state index contributed by atoms with van der Waals surface area (Å²) in [6.07, 6.45) is 1.29. The fraction of sp³-hybridized carbons (Fsp3) is 0.0435. The van der Waals surface area contributed by atoms with Crippen LogP contribution in [0.25, 0.3) is 6.08 Å². The molecule has 6 nitrogen and oxygen atoms in total. The van der Waals surface area contributed by atoms with E-state index < -0.39 is 16.0 Å². The zero-order chi connectivity index (χ0) is 22.3. The lowest BCUT2D eigenvalue weighted by molar-refractivity contribution is -0.117. The third kappa shape index (κ3) is 6.04. The van der Waals surface area contributed by atoms with E-state index in [0.717, 1.165) is 5.56 Å². The van der Waals surface area contributed by atoms with E-state index in [1.54, 1.807) is 30.3 Å². The van der Waals surface area contributed by atoms with Gasteiger partial charge in [0, 0.05) is 16.6 Å². The Morgan fingerprint density at radius 2 is 1.68 bits per heavy atom. The summed E-state index contributed by atoms with van der Waals surface area (Å²) in [6.45, 7) is 0.253. The molecule has 0 saturated heterocycles. The molecule has 0 atom stereocenters. The molecular formula is C23H17BrN2O4S. The van der Waals surface area contributed by atoms with E-state index in [9.17, 15) is 18.5 Å². The first-order chi connectivity index (χ1) is 14.9. The number of carbonyl (C=O) groups is 1. The van der Waals surface area contributed by atoms with Crippen LogP contribution in [0.4, 0.5) is 0 Å². The lowest BCUT2D eigenvalue weighted by Gasteiger charge is -2.11. The number of rotatable bonds is 7. The van der Waals surface area contributed by atoms with Gasteiger partial charge in [0.05, 0.1) is 0 Å². The molecule has 1 amide bonds. The molecule has 3 aromatic rings.